The highest BCUT2D eigenvalue weighted by atomic mass is 79.9. The van der Waals surface area contributed by atoms with Crippen LogP contribution in [-0.4, -0.2) is 10.4 Å². The summed E-state index contributed by atoms with van der Waals surface area (Å²) in [5.74, 6) is -0.708. The minimum Gasteiger partial charge on any atom is -0.287 e. The van der Waals surface area contributed by atoms with Crippen LogP contribution in [0.2, 0.25) is 0 Å². The van der Waals surface area contributed by atoms with Gasteiger partial charge in [-0.15, -0.1) is 0 Å². The number of carbonyl (C=O) groups is 2. The van der Waals surface area contributed by atoms with Crippen molar-refractivity contribution in [3.05, 3.63) is 28.0 Å². The maximum absolute atomic E-state index is 13.3. The van der Waals surface area contributed by atoms with Crippen molar-refractivity contribution in [2.24, 2.45) is 0 Å². The van der Waals surface area contributed by atoms with Gasteiger partial charge >= 0.3 is 0 Å². The molecule has 6 heteroatoms. The van der Waals surface area contributed by atoms with Gasteiger partial charge in [0.25, 0.3) is 5.24 Å². The molecule has 0 heterocycles. The third-order valence-corrected chi connectivity index (χ3v) is 3.94. The van der Waals surface area contributed by atoms with Gasteiger partial charge in [0.1, 0.15) is 5.82 Å². The Hall–Kier alpha value is -0.390. The lowest BCUT2D eigenvalue weighted by Gasteiger charge is -2.05. The lowest BCUT2D eigenvalue weighted by Crippen LogP contribution is -1.97. The Labute approximate surface area is 110 Å². The Balaban J connectivity index is 3.14. The van der Waals surface area contributed by atoms with Gasteiger partial charge in [-0.2, -0.15) is 0 Å². The van der Waals surface area contributed by atoms with Crippen molar-refractivity contribution < 1.29 is 14.0 Å². The molecule has 0 saturated heterocycles. The average Bonchev–Trinajstić information content (AvgIpc) is 2.21. The van der Waals surface area contributed by atoms with E-state index in [2.05, 4.69) is 15.9 Å². The zero-order valence-electron chi connectivity index (χ0n) is 8.22. The van der Waals surface area contributed by atoms with Crippen LogP contribution in [0.4, 0.5) is 4.39 Å². The van der Waals surface area contributed by atoms with Gasteiger partial charge in [0.15, 0.2) is 5.12 Å². The summed E-state index contributed by atoms with van der Waals surface area (Å²) in [6, 6.07) is 2.40. The van der Waals surface area contributed by atoms with Crippen LogP contribution in [0.25, 0.3) is 0 Å². The van der Waals surface area contributed by atoms with Gasteiger partial charge in [-0.1, -0.05) is 18.7 Å². The third kappa shape index (κ3) is 3.30. The van der Waals surface area contributed by atoms with Gasteiger partial charge in [0, 0.05) is 15.8 Å². The number of carbonyl (C=O) groups excluding carboxylic acids is 2. The van der Waals surface area contributed by atoms with Gasteiger partial charge in [-0.3, -0.25) is 9.59 Å². The molecule has 1 aromatic carbocycles. The molecule has 1 aromatic rings. The van der Waals surface area contributed by atoms with Crippen molar-refractivity contribution in [3.63, 3.8) is 0 Å². The van der Waals surface area contributed by atoms with E-state index in [1.165, 1.54) is 6.07 Å². The summed E-state index contributed by atoms with van der Waals surface area (Å²) >= 11 is 9.28. The van der Waals surface area contributed by atoms with E-state index in [1.54, 1.807) is 6.92 Å². The zero-order chi connectivity index (χ0) is 12.3. The van der Waals surface area contributed by atoms with Crippen LogP contribution in [0, 0.1) is 5.82 Å². The maximum Gasteiger partial charge on any atom is 0.255 e. The topological polar surface area (TPSA) is 34.1 Å². The van der Waals surface area contributed by atoms with Crippen molar-refractivity contribution in [1.29, 1.82) is 0 Å². The minimum absolute atomic E-state index is 0.0692. The molecule has 0 radical (unpaired) electrons. The van der Waals surface area contributed by atoms with Gasteiger partial charge in [0.2, 0.25) is 0 Å². The first-order chi connectivity index (χ1) is 7.45. The second-order valence-corrected chi connectivity index (χ2v) is 5.16. The van der Waals surface area contributed by atoms with E-state index >= 15 is 0 Å². The fourth-order valence-electron chi connectivity index (χ4n) is 0.953. The van der Waals surface area contributed by atoms with Crippen LogP contribution >= 0.6 is 39.3 Å². The highest BCUT2D eigenvalue weighted by Gasteiger charge is 2.15. The molecule has 0 aliphatic rings. The fourth-order valence-corrected chi connectivity index (χ4v) is 2.38. The summed E-state index contributed by atoms with van der Waals surface area (Å²) in [7, 11) is 0. The summed E-state index contributed by atoms with van der Waals surface area (Å²) in [4.78, 5) is 22.6. The highest BCUT2D eigenvalue weighted by Crippen LogP contribution is 2.31. The standard InChI is InChI=1S/C10H7BrClFO2S/c1-2-9(14)16-8-3-5(10(12)15)7(13)4-6(8)11/h3-4H,2H2,1H3. The number of halogens is 3. The molecule has 0 N–H and O–H groups in total. The van der Waals surface area contributed by atoms with Gasteiger partial charge in [-0.25, -0.2) is 4.39 Å². The SMILES string of the molecule is CCC(=O)Sc1cc(C(=O)Cl)c(F)cc1Br. The van der Waals surface area contributed by atoms with E-state index in [9.17, 15) is 14.0 Å². The van der Waals surface area contributed by atoms with Crippen LogP contribution in [0.5, 0.6) is 0 Å². The van der Waals surface area contributed by atoms with Gasteiger partial charge in [-0.05, 0) is 39.7 Å². The summed E-state index contributed by atoms with van der Waals surface area (Å²) in [5, 5.41) is -0.948. The molecule has 0 fully saturated rings. The minimum atomic E-state index is -0.879. The Morgan fingerprint density at radius 3 is 2.62 bits per heavy atom. The molecule has 0 amide bonds. The second-order valence-electron chi connectivity index (χ2n) is 2.86. The van der Waals surface area contributed by atoms with Gasteiger partial charge < -0.3 is 0 Å². The van der Waals surface area contributed by atoms with Gasteiger partial charge in [0.05, 0.1) is 5.56 Å². The molecule has 0 aliphatic carbocycles. The maximum atomic E-state index is 13.3. The Bertz CT molecular complexity index is 451. The third-order valence-electron chi connectivity index (χ3n) is 1.75. The Morgan fingerprint density at radius 1 is 1.50 bits per heavy atom. The smallest absolute Gasteiger partial charge is 0.255 e. The molecule has 1 rings (SSSR count). The average molecular weight is 326 g/mol. The molecule has 0 unspecified atom stereocenters. The van der Waals surface area contributed by atoms with Crippen molar-refractivity contribution in [1.82, 2.24) is 0 Å². The molecule has 0 aromatic heterocycles. The summed E-state index contributed by atoms with van der Waals surface area (Å²) in [6.07, 6.45) is 0.360. The second kappa shape index (κ2) is 5.80. The molecule has 86 valence electrons. The van der Waals surface area contributed by atoms with E-state index in [4.69, 9.17) is 11.6 Å². The molecule has 2 nitrogen and oxygen atoms in total. The van der Waals surface area contributed by atoms with Crippen molar-refractivity contribution in [3.8, 4) is 0 Å². The first-order valence-electron chi connectivity index (χ1n) is 4.35. The van der Waals surface area contributed by atoms with E-state index in [0.29, 0.717) is 15.8 Å². The molecular formula is C10H7BrClFO2S. The van der Waals surface area contributed by atoms with E-state index in [1.807, 2.05) is 0 Å². The van der Waals surface area contributed by atoms with E-state index < -0.39 is 11.1 Å². The zero-order valence-corrected chi connectivity index (χ0v) is 11.4. The molecule has 0 saturated carbocycles. The predicted octanol–water partition coefficient (Wildman–Crippen LogP) is 4.00. The molecule has 0 bridgehead atoms. The van der Waals surface area contributed by atoms with Crippen LogP contribution in [-0.2, 0) is 4.79 Å². The number of hydrogen-bond donors (Lipinski definition) is 0. The first kappa shape index (κ1) is 13.7. The quantitative estimate of drug-likeness (QED) is 0.622. The van der Waals surface area contributed by atoms with E-state index in [-0.39, 0.29) is 10.7 Å². The molecule has 0 spiro atoms. The fraction of sp³-hybridized carbons (Fsp3) is 0.200. The number of hydrogen-bond acceptors (Lipinski definition) is 3. The molecule has 0 atom stereocenters. The molecule has 0 aliphatic heterocycles. The largest absolute Gasteiger partial charge is 0.287 e. The van der Waals surface area contributed by atoms with Crippen LogP contribution in [0.15, 0.2) is 21.5 Å². The normalized spacial score (nSPS) is 10.2. The highest BCUT2D eigenvalue weighted by molar-refractivity contribution is 9.10. The first-order valence-corrected chi connectivity index (χ1v) is 6.34. The number of benzene rings is 1. The Kier molecular flexibility index (Phi) is 4.95. The van der Waals surface area contributed by atoms with Crippen molar-refractivity contribution in [2.75, 3.05) is 0 Å². The lowest BCUT2D eigenvalue weighted by atomic mass is 10.2. The van der Waals surface area contributed by atoms with Crippen molar-refractivity contribution >= 4 is 49.7 Å². The van der Waals surface area contributed by atoms with E-state index in [0.717, 1.165) is 17.8 Å². The van der Waals surface area contributed by atoms with Crippen LogP contribution in [0.1, 0.15) is 23.7 Å². The number of thioether (sulfide) groups is 1. The van der Waals surface area contributed by atoms with Crippen molar-refractivity contribution in [2.45, 2.75) is 18.2 Å². The number of rotatable bonds is 3. The molecular weight excluding hydrogens is 319 g/mol. The van der Waals surface area contributed by atoms with Crippen LogP contribution < -0.4 is 0 Å². The monoisotopic (exact) mass is 324 g/mol. The lowest BCUT2D eigenvalue weighted by molar-refractivity contribution is -0.110. The summed E-state index contributed by atoms with van der Waals surface area (Å²) in [5.41, 5.74) is -0.226. The van der Waals surface area contributed by atoms with Crippen LogP contribution in [0.3, 0.4) is 0 Å². The summed E-state index contributed by atoms with van der Waals surface area (Å²) in [6.45, 7) is 1.72. The molecule has 16 heavy (non-hydrogen) atoms. The Morgan fingerprint density at radius 2 is 2.12 bits per heavy atom. The summed E-state index contributed by atoms with van der Waals surface area (Å²) < 4.78 is 13.7. The predicted molar refractivity (Wildman–Crippen MR) is 65.4 cm³/mol.